The van der Waals surface area contributed by atoms with Crippen molar-refractivity contribution in [3.05, 3.63) is 46.5 Å². The second-order valence-electron chi connectivity index (χ2n) is 5.39. The molecule has 20 heavy (non-hydrogen) atoms. The molecule has 1 fully saturated rings. The molecule has 0 spiro atoms. The highest BCUT2D eigenvalue weighted by atomic mass is 32.1. The summed E-state index contributed by atoms with van der Waals surface area (Å²) in [4.78, 5) is 5.94. The molecule has 1 N–H and O–H groups in total. The zero-order valence-electron chi connectivity index (χ0n) is 11.3. The molecule has 0 aliphatic heterocycles. The summed E-state index contributed by atoms with van der Waals surface area (Å²) in [7, 11) is 0. The predicted octanol–water partition coefficient (Wildman–Crippen LogP) is 4.94. The molecule has 1 saturated carbocycles. The lowest BCUT2D eigenvalue weighted by atomic mass is 10.2. The van der Waals surface area contributed by atoms with Gasteiger partial charge in [-0.05, 0) is 49.4 Å². The normalized spacial score (nSPS) is 16.4. The van der Waals surface area contributed by atoms with E-state index in [0.717, 1.165) is 22.7 Å². The highest BCUT2D eigenvalue weighted by Crippen LogP contribution is 2.40. The first-order chi connectivity index (χ1) is 9.79. The van der Waals surface area contributed by atoms with Crippen molar-refractivity contribution in [2.24, 2.45) is 0 Å². The Kier molecular flexibility index (Phi) is 2.77. The minimum Gasteiger partial charge on any atom is -0.440 e. The van der Waals surface area contributed by atoms with Gasteiger partial charge in [-0.25, -0.2) is 4.98 Å². The van der Waals surface area contributed by atoms with E-state index in [1.54, 1.807) is 11.3 Å². The van der Waals surface area contributed by atoms with Crippen molar-refractivity contribution in [1.82, 2.24) is 4.98 Å². The van der Waals surface area contributed by atoms with Crippen LogP contribution in [-0.2, 0) is 0 Å². The number of nitrogens with zero attached hydrogens (tertiary/aromatic N) is 1. The van der Waals surface area contributed by atoms with E-state index in [-0.39, 0.29) is 0 Å². The minimum atomic E-state index is 0.308. The molecule has 4 rings (SSSR count). The van der Waals surface area contributed by atoms with E-state index in [1.165, 1.54) is 17.7 Å². The van der Waals surface area contributed by atoms with Crippen LogP contribution in [0, 0.1) is 0 Å². The van der Waals surface area contributed by atoms with Crippen molar-refractivity contribution in [1.29, 1.82) is 0 Å². The van der Waals surface area contributed by atoms with Gasteiger partial charge in [0, 0.05) is 16.5 Å². The Labute approximate surface area is 121 Å². The van der Waals surface area contributed by atoms with Crippen LogP contribution in [0.1, 0.15) is 42.5 Å². The van der Waals surface area contributed by atoms with E-state index in [9.17, 15) is 0 Å². The van der Waals surface area contributed by atoms with Crippen molar-refractivity contribution < 1.29 is 4.42 Å². The number of oxazole rings is 1. The molecule has 3 aromatic rings. The third-order valence-electron chi connectivity index (χ3n) is 3.68. The van der Waals surface area contributed by atoms with Crippen molar-refractivity contribution >= 4 is 28.1 Å². The van der Waals surface area contributed by atoms with Crippen LogP contribution in [0.2, 0.25) is 0 Å². The molecule has 1 atom stereocenters. The molecule has 0 saturated heterocycles. The SMILES string of the molecule is CC(Nc1ccc2oc(C3CC3)nc2c1)c1cccs1. The molecule has 2 heterocycles. The maximum absolute atomic E-state index is 5.79. The van der Waals surface area contributed by atoms with Gasteiger partial charge in [-0.3, -0.25) is 0 Å². The van der Waals surface area contributed by atoms with E-state index < -0.39 is 0 Å². The number of benzene rings is 1. The summed E-state index contributed by atoms with van der Waals surface area (Å²) in [6, 6.07) is 10.7. The maximum Gasteiger partial charge on any atom is 0.198 e. The van der Waals surface area contributed by atoms with Crippen LogP contribution in [0.4, 0.5) is 5.69 Å². The van der Waals surface area contributed by atoms with Gasteiger partial charge in [0.15, 0.2) is 11.5 Å². The lowest BCUT2D eigenvalue weighted by Crippen LogP contribution is -2.04. The zero-order chi connectivity index (χ0) is 13.5. The van der Waals surface area contributed by atoms with Crippen LogP contribution in [-0.4, -0.2) is 4.98 Å². The maximum atomic E-state index is 5.79. The Morgan fingerprint density at radius 1 is 1.35 bits per heavy atom. The Bertz CT molecular complexity index is 728. The van der Waals surface area contributed by atoms with Gasteiger partial charge in [0.1, 0.15) is 5.52 Å². The summed E-state index contributed by atoms with van der Waals surface area (Å²) >= 11 is 1.77. The van der Waals surface area contributed by atoms with Crippen molar-refractivity contribution in [2.75, 3.05) is 5.32 Å². The highest BCUT2D eigenvalue weighted by molar-refractivity contribution is 7.10. The number of rotatable bonds is 4. The van der Waals surface area contributed by atoms with Gasteiger partial charge in [-0.1, -0.05) is 6.07 Å². The summed E-state index contributed by atoms with van der Waals surface area (Å²) in [5.74, 6) is 1.47. The molecule has 0 bridgehead atoms. The van der Waals surface area contributed by atoms with Gasteiger partial charge >= 0.3 is 0 Å². The number of fused-ring (bicyclic) bond motifs is 1. The van der Waals surface area contributed by atoms with Crippen LogP contribution in [0.5, 0.6) is 0 Å². The van der Waals surface area contributed by atoms with Crippen LogP contribution in [0.25, 0.3) is 11.1 Å². The Balaban J connectivity index is 1.60. The monoisotopic (exact) mass is 284 g/mol. The number of anilines is 1. The van der Waals surface area contributed by atoms with E-state index in [0.29, 0.717) is 12.0 Å². The second-order valence-corrected chi connectivity index (χ2v) is 6.37. The van der Waals surface area contributed by atoms with Gasteiger partial charge in [0.25, 0.3) is 0 Å². The fraction of sp³-hybridized carbons (Fsp3) is 0.312. The number of hydrogen-bond acceptors (Lipinski definition) is 4. The lowest BCUT2D eigenvalue weighted by Gasteiger charge is -2.13. The van der Waals surface area contributed by atoms with Crippen molar-refractivity contribution in [2.45, 2.75) is 31.7 Å². The molecule has 1 aliphatic carbocycles. The molecule has 1 unspecified atom stereocenters. The second kappa shape index (κ2) is 4.63. The fourth-order valence-corrected chi connectivity index (χ4v) is 3.13. The number of thiophene rings is 1. The molecule has 0 radical (unpaired) electrons. The van der Waals surface area contributed by atoms with Gasteiger partial charge in [-0.2, -0.15) is 0 Å². The average Bonchev–Trinajstić information content (AvgIpc) is 3.00. The molecular weight excluding hydrogens is 268 g/mol. The van der Waals surface area contributed by atoms with Gasteiger partial charge in [0.05, 0.1) is 6.04 Å². The van der Waals surface area contributed by atoms with Crippen LogP contribution >= 0.6 is 11.3 Å². The molecule has 1 aliphatic rings. The largest absolute Gasteiger partial charge is 0.440 e. The molecule has 1 aromatic carbocycles. The number of hydrogen-bond donors (Lipinski definition) is 1. The summed E-state index contributed by atoms with van der Waals surface area (Å²) in [5, 5.41) is 5.63. The standard InChI is InChI=1S/C16H16N2OS/c1-10(15-3-2-8-20-15)17-12-6-7-14-13(9-12)18-16(19-14)11-4-5-11/h2-3,6-11,17H,4-5H2,1H3. The van der Waals surface area contributed by atoms with E-state index in [4.69, 9.17) is 4.42 Å². The van der Waals surface area contributed by atoms with Crippen LogP contribution in [0.15, 0.2) is 40.1 Å². The molecule has 4 heteroatoms. The molecule has 2 aromatic heterocycles. The first-order valence-electron chi connectivity index (χ1n) is 7.00. The predicted molar refractivity (Wildman–Crippen MR) is 82.3 cm³/mol. The molecule has 0 amide bonds. The Hall–Kier alpha value is -1.81. The summed E-state index contributed by atoms with van der Waals surface area (Å²) in [6.45, 7) is 2.18. The van der Waals surface area contributed by atoms with Crippen molar-refractivity contribution in [3.8, 4) is 0 Å². The van der Waals surface area contributed by atoms with Gasteiger partial charge in [-0.15, -0.1) is 11.3 Å². The first-order valence-corrected chi connectivity index (χ1v) is 7.88. The van der Waals surface area contributed by atoms with Crippen LogP contribution in [0.3, 0.4) is 0 Å². The number of nitrogens with one attached hydrogen (secondary N) is 1. The summed E-state index contributed by atoms with van der Waals surface area (Å²) < 4.78 is 5.79. The smallest absolute Gasteiger partial charge is 0.198 e. The van der Waals surface area contributed by atoms with E-state index in [2.05, 4.69) is 46.9 Å². The quantitative estimate of drug-likeness (QED) is 0.737. The highest BCUT2D eigenvalue weighted by Gasteiger charge is 2.28. The third kappa shape index (κ3) is 2.20. The Morgan fingerprint density at radius 3 is 3.00 bits per heavy atom. The van der Waals surface area contributed by atoms with Crippen molar-refractivity contribution in [3.63, 3.8) is 0 Å². The topological polar surface area (TPSA) is 38.1 Å². The lowest BCUT2D eigenvalue weighted by molar-refractivity contribution is 0.533. The van der Waals surface area contributed by atoms with E-state index >= 15 is 0 Å². The Morgan fingerprint density at radius 2 is 2.25 bits per heavy atom. The summed E-state index contributed by atoms with van der Waals surface area (Å²) in [5.41, 5.74) is 2.94. The number of aromatic nitrogens is 1. The van der Waals surface area contributed by atoms with Crippen LogP contribution < -0.4 is 5.32 Å². The van der Waals surface area contributed by atoms with Gasteiger partial charge < -0.3 is 9.73 Å². The third-order valence-corrected chi connectivity index (χ3v) is 4.74. The molecular formula is C16H16N2OS. The van der Waals surface area contributed by atoms with E-state index in [1.807, 2.05) is 6.07 Å². The molecule has 3 nitrogen and oxygen atoms in total. The minimum absolute atomic E-state index is 0.308. The van der Waals surface area contributed by atoms with Gasteiger partial charge in [0.2, 0.25) is 0 Å². The first kappa shape index (κ1) is 12.0. The zero-order valence-corrected chi connectivity index (χ0v) is 12.1. The average molecular weight is 284 g/mol. The summed E-state index contributed by atoms with van der Waals surface area (Å²) in [6.07, 6.45) is 2.43. The fourth-order valence-electron chi connectivity index (χ4n) is 2.40. The molecule has 102 valence electrons.